The molecule has 1 unspecified atom stereocenters. The topological polar surface area (TPSA) is 56.7 Å². The van der Waals surface area contributed by atoms with Gasteiger partial charge in [0.25, 0.3) is 0 Å². The second kappa shape index (κ2) is 7.88. The Labute approximate surface area is 146 Å². The van der Waals surface area contributed by atoms with Gasteiger partial charge in [0.15, 0.2) is 0 Å². The zero-order chi connectivity index (χ0) is 16.9. The minimum atomic E-state index is -0.513. The molecule has 1 aliphatic rings. The quantitative estimate of drug-likeness (QED) is 0.896. The van der Waals surface area contributed by atoms with Crippen molar-refractivity contribution in [1.82, 2.24) is 14.8 Å². The molecule has 1 aromatic heterocycles. The zero-order valence-electron chi connectivity index (χ0n) is 13.9. The van der Waals surface area contributed by atoms with Crippen molar-refractivity contribution in [1.29, 1.82) is 0 Å². The fourth-order valence-corrected chi connectivity index (χ4v) is 3.81. The predicted molar refractivity (Wildman–Crippen MR) is 94.9 cm³/mol. The molecule has 1 atom stereocenters. The van der Waals surface area contributed by atoms with Crippen LogP contribution in [0, 0.1) is 6.92 Å². The number of thiazole rings is 1. The van der Waals surface area contributed by atoms with Crippen molar-refractivity contribution in [3.8, 4) is 0 Å². The van der Waals surface area contributed by atoms with Gasteiger partial charge < -0.3 is 10.0 Å². The van der Waals surface area contributed by atoms with Gasteiger partial charge in [-0.1, -0.05) is 30.3 Å². The zero-order valence-corrected chi connectivity index (χ0v) is 14.7. The van der Waals surface area contributed by atoms with Gasteiger partial charge in [-0.05, 0) is 18.9 Å². The summed E-state index contributed by atoms with van der Waals surface area (Å²) in [6, 6.07) is 10.1. The predicted octanol–water partition coefficient (Wildman–Crippen LogP) is 1.70. The highest BCUT2D eigenvalue weighted by atomic mass is 32.1. The van der Waals surface area contributed by atoms with Gasteiger partial charge in [-0.25, -0.2) is 4.98 Å². The number of aliphatic hydroxyl groups excluding tert-OH is 1. The lowest BCUT2D eigenvalue weighted by Crippen LogP contribution is -2.38. The summed E-state index contributed by atoms with van der Waals surface area (Å²) in [6.07, 6.45) is 0.299. The van der Waals surface area contributed by atoms with E-state index in [0.29, 0.717) is 32.7 Å². The fraction of sp³-hybridized carbons (Fsp3) is 0.444. The molecule has 0 radical (unpaired) electrons. The van der Waals surface area contributed by atoms with Crippen LogP contribution in [0.3, 0.4) is 0 Å². The standard InChI is InChI=1S/C18H23N3O2S/c1-14-17(24-13-19-14)11-20-9-16(22)10-21(18(23)12-20)8-7-15-5-3-2-4-6-15/h2-6,13,16,22H,7-12H2,1H3. The molecule has 0 spiro atoms. The molecule has 6 heteroatoms. The molecular formula is C18H23N3O2S. The number of amides is 1. The Morgan fingerprint density at radius 1 is 1.29 bits per heavy atom. The van der Waals surface area contributed by atoms with Gasteiger partial charge in [-0.3, -0.25) is 9.69 Å². The summed E-state index contributed by atoms with van der Waals surface area (Å²) < 4.78 is 0. The average molecular weight is 345 g/mol. The lowest BCUT2D eigenvalue weighted by molar-refractivity contribution is -0.131. The van der Waals surface area contributed by atoms with E-state index in [9.17, 15) is 9.90 Å². The molecule has 0 aliphatic carbocycles. The van der Waals surface area contributed by atoms with Crippen LogP contribution in [-0.4, -0.2) is 58.1 Å². The number of hydrogen-bond donors (Lipinski definition) is 1. The molecule has 1 saturated heterocycles. The summed E-state index contributed by atoms with van der Waals surface area (Å²) in [5, 5.41) is 10.3. The first-order chi connectivity index (χ1) is 11.6. The van der Waals surface area contributed by atoms with Crippen LogP contribution < -0.4 is 0 Å². The fourth-order valence-electron chi connectivity index (χ4n) is 2.99. The number of aryl methyl sites for hydroxylation is 1. The van der Waals surface area contributed by atoms with Crippen molar-refractivity contribution >= 4 is 17.2 Å². The van der Waals surface area contributed by atoms with Crippen LogP contribution in [0.15, 0.2) is 35.8 Å². The molecular weight excluding hydrogens is 322 g/mol. The molecule has 5 nitrogen and oxygen atoms in total. The average Bonchev–Trinajstić information content (AvgIpc) is 2.90. The maximum Gasteiger partial charge on any atom is 0.236 e. The number of β-amino-alcohol motifs (C(OH)–C–C–N with tert-alkyl or cyclic N) is 1. The Morgan fingerprint density at radius 3 is 2.79 bits per heavy atom. The number of hydrogen-bond acceptors (Lipinski definition) is 5. The van der Waals surface area contributed by atoms with E-state index >= 15 is 0 Å². The molecule has 1 fully saturated rings. The number of carbonyl (C=O) groups is 1. The van der Waals surface area contributed by atoms with E-state index in [4.69, 9.17) is 0 Å². The highest BCUT2D eigenvalue weighted by Crippen LogP contribution is 2.17. The van der Waals surface area contributed by atoms with Gasteiger partial charge in [0.2, 0.25) is 5.91 Å². The number of benzene rings is 1. The Bertz CT molecular complexity index is 674. The summed E-state index contributed by atoms with van der Waals surface area (Å²) in [7, 11) is 0. The summed E-state index contributed by atoms with van der Waals surface area (Å²) in [6.45, 7) is 4.57. The van der Waals surface area contributed by atoms with Gasteiger partial charge in [-0.2, -0.15) is 0 Å². The number of nitrogens with zero attached hydrogens (tertiary/aromatic N) is 3. The highest BCUT2D eigenvalue weighted by Gasteiger charge is 2.27. The highest BCUT2D eigenvalue weighted by molar-refractivity contribution is 7.09. The first-order valence-corrected chi connectivity index (χ1v) is 9.11. The van der Waals surface area contributed by atoms with Crippen LogP contribution in [0.2, 0.25) is 0 Å². The first kappa shape index (κ1) is 17.1. The lowest BCUT2D eigenvalue weighted by Gasteiger charge is -2.22. The Morgan fingerprint density at radius 2 is 2.08 bits per heavy atom. The maximum absolute atomic E-state index is 12.6. The van der Waals surface area contributed by atoms with Crippen molar-refractivity contribution in [3.63, 3.8) is 0 Å². The summed E-state index contributed by atoms with van der Waals surface area (Å²) in [4.78, 5) is 21.8. The van der Waals surface area contributed by atoms with E-state index in [-0.39, 0.29) is 5.91 Å². The van der Waals surface area contributed by atoms with Crippen molar-refractivity contribution in [2.75, 3.05) is 26.2 Å². The normalized spacial score (nSPS) is 19.5. The van der Waals surface area contributed by atoms with E-state index in [1.165, 1.54) is 5.56 Å². The lowest BCUT2D eigenvalue weighted by atomic mass is 10.1. The second-order valence-electron chi connectivity index (χ2n) is 6.26. The van der Waals surface area contributed by atoms with Gasteiger partial charge in [0.1, 0.15) is 0 Å². The molecule has 1 amide bonds. The number of rotatable bonds is 5. The summed E-state index contributed by atoms with van der Waals surface area (Å²) >= 11 is 1.60. The van der Waals surface area contributed by atoms with Gasteiger partial charge in [-0.15, -0.1) is 11.3 Å². The molecule has 1 N–H and O–H groups in total. The van der Waals surface area contributed by atoms with E-state index in [1.54, 1.807) is 16.2 Å². The molecule has 0 saturated carbocycles. The van der Waals surface area contributed by atoms with E-state index in [2.05, 4.69) is 17.1 Å². The van der Waals surface area contributed by atoms with Crippen LogP contribution in [0.1, 0.15) is 16.1 Å². The van der Waals surface area contributed by atoms with Gasteiger partial charge in [0, 0.05) is 31.1 Å². The van der Waals surface area contributed by atoms with E-state index in [1.807, 2.05) is 35.5 Å². The molecule has 1 aromatic carbocycles. The molecule has 24 heavy (non-hydrogen) atoms. The first-order valence-electron chi connectivity index (χ1n) is 8.23. The number of carbonyl (C=O) groups excluding carboxylic acids is 1. The van der Waals surface area contributed by atoms with Gasteiger partial charge in [0.05, 0.1) is 23.9 Å². The van der Waals surface area contributed by atoms with Crippen LogP contribution >= 0.6 is 11.3 Å². The molecule has 0 bridgehead atoms. The molecule has 128 valence electrons. The Hall–Kier alpha value is -1.76. The third kappa shape index (κ3) is 4.41. The van der Waals surface area contributed by atoms with Crippen LogP contribution in [-0.2, 0) is 17.8 Å². The third-order valence-corrected chi connectivity index (χ3v) is 5.26. The molecule has 2 aromatic rings. The SMILES string of the molecule is Cc1ncsc1CN1CC(=O)N(CCc2ccccc2)CC(O)C1. The smallest absolute Gasteiger partial charge is 0.236 e. The number of aliphatic hydroxyl groups is 1. The minimum absolute atomic E-state index is 0.0876. The van der Waals surface area contributed by atoms with Crippen molar-refractivity contribution < 1.29 is 9.90 Å². The van der Waals surface area contributed by atoms with E-state index < -0.39 is 6.10 Å². The molecule has 2 heterocycles. The van der Waals surface area contributed by atoms with Crippen molar-refractivity contribution in [2.45, 2.75) is 26.0 Å². The second-order valence-corrected chi connectivity index (χ2v) is 7.20. The summed E-state index contributed by atoms with van der Waals surface area (Å²) in [5.74, 6) is 0.0876. The number of aromatic nitrogens is 1. The molecule has 3 rings (SSSR count). The Kier molecular flexibility index (Phi) is 5.60. The Balaban J connectivity index is 1.60. The minimum Gasteiger partial charge on any atom is -0.390 e. The van der Waals surface area contributed by atoms with Crippen molar-refractivity contribution in [2.24, 2.45) is 0 Å². The monoisotopic (exact) mass is 345 g/mol. The van der Waals surface area contributed by atoms with Crippen molar-refractivity contribution in [3.05, 3.63) is 52.0 Å². The van der Waals surface area contributed by atoms with E-state index in [0.717, 1.165) is 17.0 Å². The van der Waals surface area contributed by atoms with Gasteiger partial charge >= 0.3 is 0 Å². The van der Waals surface area contributed by atoms with Crippen LogP contribution in [0.5, 0.6) is 0 Å². The third-order valence-electron chi connectivity index (χ3n) is 4.34. The van der Waals surface area contributed by atoms with Crippen LogP contribution in [0.4, 0.5) is 0 Å². The maximum atomic E-state index is 12.6. The largest absolute Gasteiger partial charge is 0.390 e. The summed E-state index contributed by atoms with van der Waals surface area (Å²) in [5.41, 5.74) is 4.04. The van der Waals surface area contributed by atoms with Crippen LogP contribution in [0.25, 0.3) is 0 Å². The molecule has 1 aliphatic heterocycles.